The van der Waals surface area contributed by atoms with Crippen LogP contribution in [0.25, 0.3) is 0 Å². The topological polar surface area (TPSA) is 52.8 Å². The monoisotopic (exact) mass is 464 g/mol. The fraction of sp³-hybridized carbons (Fsp3) is 0.706. The molecule has 2 fully saturated rings. The first-order valence-electron chi connectivity index (χ1n) is 8.70. The van der Waals surface area contributed by atoms with E-state index in [2.05, 4.69) is 38.4 Å². The average Bonchev–Trinajstić information content (AvgIpc) is 3.34. The summed E-state index contributed by atoms with van der Waals surface area (Å²) in [4.78, 5) is 6.87. The van der Waals surface area contributed by atoms with Gasteiger partial charge in [-0.15, -0.1) is 24.0 Å². The van der Waals surface area contributed by atoms with Gasteiger partial charge in [-0.1, -0.05) is 0 Å². The highest BCUT2D eigenvalue weighted by Gasteiger charge is 2.25. The lowest BCUT2D eigenvalue weighted by atomic mass is 10.2. The Morgan fingerprint density at radius 3 is 2.83 bits per heavy atom. The smallest absolute Gasteiger partial charge is 0.191 e. The van der Waals surface area contributed by atoms with Gasteiger partial charge in [0, 0.05) is 25.4 Å². The molecule has 2 aliphatic heterocycles. The Hall–Kier alpha value is -0.410. The number of likely N-dealkylation sites (tertiary alicyclic amines) is 1. The Balaban J connectivity index is 0.00000208. The zero-order chi connectivity index (χ0) is 15.9. The third-order valence-corrected chi connectivity index (χ3v) is 6.06. The molecule has 0 aliphatic carbocycles. The van der Waals surface area contributed by atoms with Crippen LogP contribution in [-0.2, 0) is 0 Å². The van der Waals surface area contributed by atoms with Gasteiger partial charge in [-0.05, 0) is 56.7 Å². The summed E-state index contributed by atoms with van der Waals surface area (Å²) in [6.07, 6.45) is 6.99. The number of rotatable bonds is 6. The molecule has 2 N–H and O–H groups in total. The molecule has 0 saturated carbocycles. The molecule has 1 aromatic heterocycles. The molecule has 7 heteroatoms. The number of halogens is 1. The van der Waals surface area contributed by atoms with Gasteiger partial charge in [0.25, 0.3) is 0 Å². The first kappa shape index (κ1) is 19.9. The minimum Gasteiger partial charge on any atom is -0.468 e. The van der Waals surface area contributed by atoms with Crippen molar-refractivity contribution in [3.8, 4) is 0 Å². The van der Waals surface area contributed by atoms with Gasteiger partial charge in [0.2, 0.25) is 0 Å². The lowest BCUT2D eigenvalue weighted by Gasteiger charge is -2.27. The van der Waals surface area contributed by atoms with E-state index in [0.29, 0.717) is 0 Å². The summed E-state index contributed by atoms with van der Waals surface area (Å²) in [7, 11) is 1.84. The van der Waals surface area contributed by atoms with Crippen LogP contribution in [0, 0.1) is 0 Å². The molecule has 24 heavy (non-hydrogen) atoms. The molecule has 0 radical (unpaired) electrons. The second kappa shape index (κ2) is 10.6. The number of thioether (sulfide) groups is 1. The Bertz CT molecular complexity index is 485. The van der Waals surface area contributed by atoms with Gasteiger partial charge in [0.1, 0.15) is 5.76 Å². The molecular weight excluding hydrogens is 435 g/mol. The van der Waals surface area contributed by atoms with Crippen LogP contribution in [0.5, 0.6) is 0 Å². The van der Waals surface area contributed by atoms with Crippen molar-refractivity contribution in [1.29, 1.82) is 0 Å². The number of hydrogen-bond acceptors (Lipinski definition) is 4. The second-order valence-corrected chi connectivity index (χ2v) is 7.65. The van der Waals surface area contributed by atoms with E-state index >= 15 is 0 Å². The first-order valence-corrected chi connectivity index (χ1v) is 9.75. The molecule has 136 valence electrons. The van der Waals surface area contributed by atoms with Gasteiger partial charge in [0.15, 0.2) is 5.96 Å². The van der Waals surface area contributed by atoms with Crippen LogP contribution in [0.15, 0.2) is 27.8 Å². The molecule has 0 aromatic carbocycles. The minimum absolute atomic E-state index is 0. The molecule has 2 saturated heterocycles. The predicted molar refractivity (Wildman–Crippen MR) is 113 cm³/mol. The van der Waals surface area contributed by atoms with E-state index in [1.54, 1.807) is 6.26 Å². The molecule has 0 spiro atoms. The van der Waals surface area contributed by atoms with Crippen molar-refractivity contribution in [1.82, 2.24) is 15.5 Å². The number of nitrogens with zero attached hydrogens (tertiary/aromatic N) is 2. The Morgan fingerprint density at radius 1 is 1.38 bits per heavy atom. The normalized spacial score (nSPS) is 23.0. The summed E-state index contributed by atoms with van der Waals surface area (Å²) in [6.45, 7) is 4.13. The molecule has 0 amide bonds. The van der Waals surface area contributed by atoms with Gasteiger partial charge < -0.3 is 15.1 Å². The van der Waals surface area contributed by atoms with Gasteiger partial charge in [-0.25, -0.2) is 0 Å². The number of guanidine groups is 1. The first-order chi connectivity index (χ1) is 11.4. The SMILES string of the molecule is CN=C(NCC1CCCS1)NCC(c1ccco1)N1CCCC1.I. The van der Waals surface area contributed by atoms with Crippen molar-refractivity contribution in [3.63, 3.8) is 0 Å². The molecule has 3 rings (SSSR count). The zero-order valence-electron chi connectivity index (χ0n) is 14.4. The number of aliphatic imine (C=N–C) groups is 1. The average molecular weight is 464 g/mol. The van der Waals surface area contributed by atoms with Crippen molar-refractivity contribution in [2.75, 3.05) is 39.0 Å². The van der Waals surface area contributed by atoms with Crippen LogP contribution in [0.4, 0.5) is 0 Å². The Kier molecular flexibility index (Phi) is 8.75. The van der Waals surface area contributed by atoms with Crippen molar-refractivity contribution < 1.29 is 4.42 Å². The molecule has 3 heterocycles. The van der Waals surface area contributed by atoms with Crippen LogP contribution < -0.4 is 10.6 Å². The highest BCUT2D eigenvalue weighted by atomic mass is 127. The van der Waals surface area contributed by atoms with Crippen molar-refractivity contribution in [2.45, 2.75) is 37.0 Å². The van der Waals surface area contributed by atoms with E-state index in [0.717, 1.165) is 43.1 Å². The molecular formula is C17H29IN4OS. The lowest BCUT2D eigenvalue weighted by molar-refractivity contribution is 0.215. The maximum Gasteiger partial charge on any atom is 0.191 e. The van der Waals surface area contributed by atoms with Gasteiger partial charge in [-0.2, -0.15) is 11.8 Å². The van der Waals surface area contributed by atoms with Crippen LogP contribution in [0.1, 0.15) is 37.5 Å². The fourth-order valence-corrected chi connectivity index (χ4v) is 4.57. The third-order valence-electron chi connectivity index (χ3n) is 4.66. The summed E-state index contributed by atoms with van der Waals surface area (Å²) >= 11 is 2.07. The van der Waals surface area contributed by atoms with Crippen LogP contribution in [0.2, 0.25) is 0 Å². The van der Waals surface area contributed by atoms with Crippen molar-refractivity contribution in [3.05, 3.63) is 24.2 Å². The van der Waals surface area contributed by atoms with Gasteiger partial charge in [-0.3, -0.25) is 9.89 Å². The molecule has 1 aromatic rings. The van der Waals surface area contributed by atoms with E-state index in [1.807, 2.05) is 13.1 Å². The maximum atomic E-state index is 5.67. The quantitative estimate of drug-likeness (QED) is 0.385. The molecule has 2 aliphatic rings. The molecule has 0 bridgehead atoms. The van der Waals surface area contributed by atoms with Crippen LogP contribution in [-0.4, -0.2) is 55.1 Å². The summed E-state index contributed by atoms with van der Waals surface area (Å²) in [5.74, 6) is 3.24. The third kappa shape index (κ3) is 5.56. The van der Waals surface area contributed by atoms with Crippen molar-refractivity contribution in [2.24, 2.45) is 4.99 Å². The lowest BCUT2D eigenvalue weighted by Crippen LogP contribution is -2.44. The maximum absolute atomic E-state index is 5.67. The van der Waals surface area contributed by atoms with Gasteiger partial charge in [0.05, 0.1) is 12.3 Å². The highest BCUT2D eigenvalue weighted by molar-refractivity contribution is 14.0. The Morgan fingerprint density at radius 2 is 2.21 bits per heavy atom. The standard InChI is InChI=1S/C17H28N4OS.HI/c1-18-17(19-12-14-6-5-11-23-14)20-13-15(16-7-4-10-22-16)21-8-2-3-9-21;/h4,7,10,14-15H,2-3,5-6,8-9,11-13H2,1H3,(H2,18,19,20);1H. The van der Waals surface area contributed by atoms with E-state index in [4.69, 9.17) is 4.42 Å². The van der Waals surface area contributed by atoms with Crippen molar-refractivity contribution >= 4 is 41.7 Å². The Labute approximate surface area is 166 Å². The van der Waals surface area contributed by atoms with E-state index < -0.39 is 0 Å². The van der Waals surface area contributed by atoms with E-state index in [-0.39, 0.29) is 30.0 Å². The fourth-order valence-electron chi connectivity index (χ4n) is 3.37. The zero-order valence-corrected chi connectivity index (χ0v) is 17.5. The van der Waals surface area contributed by atoms with Crippen LogP contribution in [0.3, 0.4) is 0 Å². The van der Waals surface area contributed by atoms with E-state index in [9.17, 15) is 0 Å². The summed E-state index contributed by atoms with van der Waals surface area (Å²) in [5.41, 5.74) is 0. The number of nitrogens with one attached hydrogen (secondary N) is 2. The van der Waals surface area contributed by atoms with Crippen LogP contribution >= 0.6 is 35.7 Å². The summed E-state index contributed by atoms with van der Waals surface area (Å²) in [5, 5.41) is 7.69. The van der Waals surface area contributed by atoms with E-state index in [1.165, 1.54) is 31.4 Å². The highest BCUT2D eigenvalue weighted by Crippen LogP contribution is 2.26. The number of furan rings is 1. The molecule has 5 nitrogen and oxygen atoms in total. The van der Waals surface area contributed by atoms with Gasteiger partial charge >= 0.3 is 0 Å². The second-order valence-electron chi connectivity index (χ2n) is 6.24. The summed E-state index contributed by atoms with van der Waals surface area (Å²) in [6, 6.07) is 4.34. The molecule has 2 unspecified atom stereocenters. The minimum atomic E-state index is 0. The number of hydrogen-bond donors (Lipinski definition) is 2. The largest absolute Gasteiger partial charge is 0.468 e. The predicted octanol–water partition coefficient (Wildman–Crippen LogP) is 3.10. The molecule has 2 atom stereocenters. The summed E-state index contributed by atoms with van der Waals surface area (Å²) < 4.78 is 5.67.